The van der Waals surface area contributed by atoms with Crippen molar-refractivity contribution in [3.63, 3.8) is 0 Å². The molecular weight excluding hydrogens is 554 g/mol. The molecule has 220 valence electrons. The van der Waals surface area contributed by atoms with Gasteiger partial charge in [-0.2, -0.15) is 8.78 Å². The zero-order valence-corrected chi connectivity index (χ0v) is 22.4. The maximum Gasteiger partial charge on any atom is 0.313 e. The molecule has 0 aliphatic heterocycles. The summed E-state index contributed by atoms with van der Waals surface area (Å²) in [6.45, 7) is 5.61. The van der Waals surface area contributed by atoms with Gasteiger partial charge in [-0.15, -0.1) is 0 Å². The number of hydrogen-bond acceptors (Lipinski definition) is 6. The zero-order valence-electron chi connectivity index (χ0n) is 22.4. The summed E-state index contributed by atoms with van der Waals surface area (Å²) in [5.41, 5.74) is -1.36. The minimum atomic E-state index is -2.10. The summed E-state index contributed by atoms with van der Waals surface area (Å²) < 4.78 is 59.2. The zero-order chi connectivity index (χ0) is 30.9. The predicted molar refractivity (Wildman–Crippen MR) is 135 cm³/mol. The lowest BCUT2D eigenvalue weighted by atomic mass is 9.86. The summed E-state index contributed by atoms with van der Waals surface area (Å²) in [5, 5.41) is 16.2. The van der Waals surface area contributed by atoms with E-state index in [0.717, 1.165) is 12.5 Å². The summed E-state index contributed by atoms with van der Waals surface area (Å²) >= 11 is 0. The molecule has 2 aromatic rings. The first-order chi connectivity index (χ1) is 19.0. The van der Waals surface area contributed by atoms with Crippen LogP contribution in [0.4, 0.5) is 23.2 Å². The molecule has 1 aliphatic carbocycles. The van der Waals surface area contributed by atoms with Gasteiger partial charge in [-0.25, -0.2) is 8.78 Å². The average Bonchev–Trinajstić information content (AvgIpc) is 3.62. The van der Waals surface area contributed by atoms with Crippen molar-refractivity contribution in [3.05, 3.63) is 59.2 Å². The molecule has 0 heterocycles. The largest absolute Gasteiger partial charge is 0.481 e. The van der Waals surface area contributed by atoms with E-state index in [1.807, 2.05) is 20.8 Å². The SMILES string of the molecule is C[C@H](NC(=O)C(=O)Nc1ccccc1C(C)(C)C)C(=O)NC1(C(=O)COc2c(F)c(F)cc(F)c2F)C[C@H]1C(=O)O. The van der Waals surface area contributed by atoms with Crippen molar-refractivity contribution in [1.82, 2.24) is 10.6 Å². The van der Waals surface area contributed by atoms with E-state index in [9.17, 15) is 46.6 Å². The van der Waals surface area contributed by atoms with Crippen molar-refractivity contribution >= 4 is 35.2 Å². The van der Waals surface area contributed by atoms with Gasteiger partial charge in [0, 0.05) is 11.8 Å². The average molecular weight is 582 g/mol. The van der Waals surface area contributed by atoms with Gasteiger partial charge >= 0.3 is 17.8 Å². The Morgan fingerprint density at radius 2 is 1.61 bits per heavy atom. The smallest absolute Gasteiger partial charge is 0.313 e. The number of halogens is 4. The first kappa shape index (κ1) is 31.0. The van der Waals surface area contributed by atoms with E-state index in [-0.39, 0.29) is 11.5 Å². The fourth-order valence-electron chi connectivity index (χ4n) is 4.10. The van der Waals surface area contributed by atoms with Gasteiger partial charge in [-0.05, 0) is 30.4 Å². The second-order valence-corrected chi connectivity index (χ2v) is 10.5. The van der Waals surface area contributed by atoms with Crippen molar-refractivity contribution in [2.45, 2.75) is 51.1 Å². The number of para-hydroxylation sites is 1. The molecule has 0 radical (unpaired) electrons. The van der Waals surface area contributed by atoms with Crippen LogP contribution in [0.2, 0.25) is 0 Å². The topological polar surface area (TPSA) is 151 Å². The van der Waals surface area contributed by atoms with Crippen LogP contribution in [0.3, 0.4) is 0 Å². The molecule has 0 bridgehead atoms. The van der Waals surface area contributed by atoms with Crippen molar-refractivity contribution in [2.24, 2.45) is 5.92 Å². The Balaban J connectivity index is 1.68. The van der Waals surface area contributed by atoms with Gasteiger partial charge in [0.25, 0.3) is 0 Å². The monoisotopic (exact) mass is 581 g/mol. The van der Waals surface area contributed by atoms with Gasteiger partial charge in [0.15, 0.2) is 23.2 Å². The summed E-state index contributed by atoms with van der Waals surface area (Å²) in [6, 6.07) is 5.26. The number of carbonyl (C=O) groups is 5. The van der Waals surface area contributed by atoms with Gasteiger partial charge in [-0.1, -0.05) is 39.0 Å². The number of aliphatic carboxylic acids is 1. The Morgan fingerprint density at radius 3 is 2.15 bits per heavy atom. The maximum absolute atomic E-state index is 13.9. The van der Waals surface area contributed by atoms with Crippen LogP contribution < -0.4 is 20.7 Å². The molecule has 41 heavy (non-hydrogen) atoms. The minimum absolute atomic E-state index is 0.0678. The lowest BCUT2D eigenvalue weighted by Gasteiger charge is -2.23. The number of hydrogen-bond donors (Lipinski definition) is 4. The fraction of sp³-hybridized carbons (Fsp3) is 0.370. The van der Waals surface area contributed by atoms with E-state index < -0.39 is 89.0 Å². The number of ether oxygens (including phenoxy) is 1. The van der Waals surface area contributed by atoms with Crippen LogP contribution in [-0.4, -0.2) is 52.8 Å². The normalized spacial score (nSPS) is 18.6. The van der Waals surface area contributed by atoms with Crippen molar-refractivity contribution < 1.29 is 51.4 Å². The van der Waals surface area contributed by atoms with E-state index in [4.69, 9.17) is 0 Å². The molecule has 1 fully saturated rings. The Labute approximate surface area is 231 Å². The second kappa shape index (κ2) is 11.6. The molecule has 3 amide bonds. The molecule has 3 rings (SSSR count). The van der Waals surface area contributed by atoms with E-state index >= 15 is 0 Å². The van der Waals surface area contributed by atoms with Crippen LogP contribution in [-0.2, 0) is 29.4 Å². The van der Waals surface area contributed by atoms with E-state index in [2.05, 4.69) is 20.7 Å². The molecule has 0 aromatic heterocycles. The van der Waals surface area contributed by atoms with Gasteiger partial charge < -0.3 is 25.8 Å². The van der Waals surface area contributed by atoms with Crippen LogP contribution in [0.15, 0.2) is 30.3 Å². The molecule has 0 saturated heterocycles. The summed E-state index contributed by atoms with van der Waals surface area (Å²) in [5.74, 6) is -16.5. The number of ketones is 1. The predicted octanol–water partition coefficient (Wildman–Crippen LogP) is 2.59. The number of rotatable bonds is 9. The lowest BCUT2D eigenvalue weighted by Crippen LogP contribution is -2.55. The van der Waals surface area contributed by atoms with Gasteiger partial charge in [0.1, 0.15) is 18.2 Å². The highest BCUT2D eigenvalue weighted by atomic mass is 19.2. The highest BCUT2D eigenvalue weighted by Gasteiger charge is 2.65. The van der Waals surface area contributed by atoms with Crippen LogP contribution in [0.1, 0.15) is 39.7 Å². The van der Waals surface area contributed by atoms with E-state index in [1.54, 1.807) is 24.3 Å². The number of carboxylic acids is 1. The number of anilines is 1. The van der Waals surface area contributed by atoms with Crippen LogP contribution in [0, 0.1) is 29.2 Å². The molecule has 2 aromatic carbocycles. The minimum Gasteiger partial charge on any atom is -0.481 e. The number of benzene rings is 2. The Hall–Kier alpha value is -4.49. The second-order valence-electron chi connectivity index (χ2n) is 10.5. The first-order valence-electron chi connectivity index (χ1n) is 12.2. The highest BCUT2D eigenvalue weighted by molar-refractivity contribution is 6.40. The third-order valence-corrected chi connectivity index (χ3v) is 6.45. The molecule has 14 heteroatoms. The fourth-order valence-corrected chi connectivity index (χ4v) is 4.10. The standard InChI is InChI=1S/C27H27F4N3O7/c1-12(32-23(37)24(38)33-17-8-6-5-7-13(17)26(2,3)4)22(36)34-27(10-14(27)25(39)40)18(35)11-41-21-19(30)15(28)9-16(29)20(21)31/h5-9,12,14H,10-11H2,1-4H3,(H,32,37)(H,33,38)(H,34,36)(H,39,40)/t12-,14-,27?/m0/s1. The highest BCUT2D eigenvalue weighted by Crippen LogP contribution is 2.45. The van der Waals surface area contributed by atoms with Crippen LogP contribution in [0.5, 0.6) is 5.75 Å². The molecule has 1 aliphatic rings. The summed E-state index contributed by atoms with van der Waals surface area (Å²) in [7, 11) is 0. The van der Waals surface area contributed by atoms with Gasteiger partial charge in [-0.3, -0.25) is 24.0 Å². The molecule has 0 spiro atoms. The molecule has 10 nitrogen and oxygen atoms in total. The summed E-state index contributed by atoms with van der Waals surface area (Å²) in [4.78, 5) is 62.1. The lowest BCUT2D eigenvalue weighted by molar-refractivity contribution is -0.141. The molecular formula is C27H27F4N3O7. The Morgan fingerprint density at radius 1 is 1.02 bits per heavy atom. The quantitative estimate of drug-likeness (QED) is 0.202. The summed E-state index contributed by atoms with van der Waals surface area (Å²) in [6.07, 6.45) is -0.441. The Bertz CT molecular complexity index is 1400. The van der Waals surface area contributed by atoms with Crippen molar-refractivity contribution in [2.75, 3.05) is 11.9 Å². The third-order valence-electron chi connectivity index (χ3n) is 6.45. The van der Waals surface area contributed by atoms with Crippen LogP contribution in [0.25, 0.3) is 0 Å². The molecule has 4 N–H and O–H groups in total. The van der Waals surface area contributed by atoms with Gasteiger partial charge in [0.05, 0.1) is 5.92 Å². The van der Waals surface area contributed by atoms with E-state index in [1.165, 1.54) is 0 Å². The van der Waals surface area contributed by atoms with Crippen molar-refractivity contribution in [1.29, 1.82) is 0 Å². The Kier molecular flexibility index (Phi) is 8.75. The number of Topliss-reactive ketones (excluding diaryl/α,β-unsaturated/α-hetero) is 1. The molecule has 1 saturated carbocycles. The van der Waals surface area contributed by atoms with Gasteiger partial charge in [0.2, 0.25) is 17.5 Å². The number of carboxylic acid groups (broad SMARTS) is 1. The number of amides is 3. The number of nitrogens with one attached hydrogen (secondary N) is 3. The maximum atomic E-state index is 13.9. The van der Waals surface area contributed by atoms with Crippen molar-refractivity contribution in [3.8, 4) is 5.75 Å². The first-order valence-corrected chi connectivity index (χ1v) is 12.2. The molecule has 3 atom stereocenters. The third kappa shape index (κ3) is 6.64. The van der Waals surface area contributed by atoms with Crippen LogP contribution >= 0.6 is 0 Å². The van der Waals surface area contributed by atoms with E-state index in [0.29, 0.717) is 5.69 Å². The molecule has 1 unspecified atom stereocenters. The number of carbonyl (C=O) groups excluding carboxylic acids is 4.